The van der Waals surface area contributed by atoms with Crippen LogP contribution >= 0.6 is 0 Å². The first-order chi connectivity index (χ1) is 11.6. The molecule has 0 rings (SSSR count). The first-order valence-corrected chi connectivity index (χ1v) is 16.3. The summed E-state index contributed by atoms with van der Waals surface area (Å²) in [5.74, 6) is 0. The molecule has 0 spiro atoms. The molecule has 0 fully saturated rings. The molecule has 0 aliphatic rings. The summed E-state index contributed by atoms with van der Waals surface area (Å²) < 4.78 is 0. The smallest absolute Gasteiger partial charge is 0.124 e. The van der Waals surface area contributed by atoms with Gasteiger partial charge in [-0.15, -0.1) is 0 Å². The van der Waals surface area contributed by atoms with Crippen molar-refractivity contribution in [2.24, 2.45) is 0 Å². The molecule has 24 heavy (non-hydrogen) atoms. The van der Waals surface area contributed by atoms with Gasteiger partial charge in [0.15, 0.2) is 0 Å². The summed E-state index contributed by atoms with van der Waals surface area (Å²) in [5.41, 5.74) is 0. The van der Waals surface area contributed by atoms with Crippen molar-refractivity contribution in [1.29, 1.82) is 0 Å². The summed E-state index contributed by atoms with van der Waals surface area (Å²) in [6, 6.07) is 8.36. The molecule has 146 valence electrons. The Morgan fingerprint density at radius 2 is 0.667 bits per heavy atom. The molecule has 0 amide bonds. The maximum absolute atomic E-state index is 3.96. The van der Waals surface area contributed by atoms with E-state index < -0.39 is 16.5 Å². The lowest BCUT2D eigenvalue weighted by atomic mass is 10.1. The quantitative estimate of drug-likeness (QED) is 0.224. The molecule has 0 saturated heterocycles. The molecule has 0 aromatic heterocycles. The maximum Gasteiger partial charge on any atom is 0.124 e. The Hall–Kier alpha value is 0.354. The van der Waals surface area contributed by atoms with Gasteiger partial charge < -0.3 is 9.96 Å². The summed E-state index contributed by atoms with van der Waals surface area (Å²) in [6.45, 7) is 16.8. The van der Waals surface area contributed by atoms with Crippen LogP contribution in [0.1, 0.15) is 80.1 Å². The molecule has 0 bridgehead atoms. The summed E-state index contributed by atoms with van der Waals surface area (Å²) in [4.78, 5) is 7.93. The van der Waals surface area contributed by atoms with Crippen molar-refractivity contribution in [3.63, 3.8) is 0 Å². The molecule has 0 heterocycles. The number of hydrogen-bond donors (Lipinski definition) is 2. The fourth-order valence-electron chi connectivity index (χ4n) is 3.91. The maximum atomic E-state index is 3.96. The Labute approximate surface area is 156 Å². The van der Waals surface area contributed by atoms with Crippen LogP contribution in [-0.2, 0) is 0 Å². The van der Waals surface area contributed by atoms with Gasteiger partial charge in [0.1, 0.15) is 16.5 Å². The predicted octanol–water partition coefficient (Wildman–Crippen LogP) is 6.52. The summed E-state index contributed by atoms with van der Waals surface area (Å²) in [5, 5.41) is 0. The normalized spacial score (nSPS) is 12.8. The SMILES string of the molecule is CC[Si](CC)(CC)NCCCCCCCCN[Si](CC)(CC)CC. The lowest BCUT2D eigenvalue weighted by Crippen LogP contribution is -2.49. The molecule has 0 aliphatic heterocycles. The molecule has 0 saturated carbocycles. The monoisotopic (exact) mass is 372 g/mol. The summed E-state index contributed by atoms with van der Waals surface area (Å²) in [7, 11) is -2.17. The van der Waals surface area contributed by atoms with Gasteiger partial charge in [-0.05, 0) is 62.2 Å². The average Bonchev–Trinajstić information content (AvgIpc) is 2.64. The van der Waals surface area contributed by atoms with Crippen LogP contribution in [0.4, 0.5) is 0 Å². The number of nitrogens with one attached hydrogen (secondary N) is 2. The Kier molecular flexibility index (Phi) is 14.7. The van der Waals surface area contributed by atoms with E-state index in [2.05, 4.69) is 51.5 Å². The van der Waals surface area contributed by atoms with Crippen molar-refractivity contribution in [1.82, 2.24) is 9.96 Å². The van der Waals surface area contributed by atoms with Gasteiger partial charge in [-0.3, -0.25) is 0 Å². The fraction of sp³-hybridized carbons (Fsp3) is 1.00. The molecule has 0 aromatic carbocycles. The standard InChI is InChI=1S/C20H48N2Si2/c1-7-23(8-2,9-3)21-19-17-15-13-14-16-18-20-22-24(10-4,11-5)12-6/h21-22H,7-20H2,1-6H3. The van der Waals surface area contributed by atoms with Crippen LogP contribution < -0.4 is 9.96 Å². The minimum atomic E-state index is -1.09. The molecule has 0 aromatic rings. The van der Waals surface area contributed by atoms with Gasteiger partial charge in [0.2, 0.25) is 0 Å². The molecule has 0 aliphatic carbocycles. The molecular weight excluding hydrogens is 324 g/mol. The Balaban J connectivity index is 3.58. The average molecular weight is 373 g/mol. The lowest BCUT2D eigenvalue weighted by molar-refractivity contribution is 0.584. The molecule has 2 N–H and O–H groups in total. The fourth-order valence-corrected chi connectivity index (χ4v) is 9.83. The van der Waals surface area contributed by atoms with Crippen molar-refractivity contribution < 1.29 is 0 Å². The summed E-state index contributed by atoms with van der Waals surface area (Å²) in [6.07, 6.45) is 8.45. The van der Waals surface area contributed by atoms with Gasteiger partial charge in [-0.1, -0.05) is 67.2 Å². The third-order valence-corrected chi connectivity index (χ3v) is 16.8. The van der Waals surface area contributed by atoms with Crippen LogP contribution in [-0.4, -0.2) is 29.6 Å². The number of rotatable bonds is 17. The second kappa shape index (κ2) is 14.5. The first kappa shape index (κ1) is 24.4. The van der Waals surface area contributed by atoms with Gasteiger partial charge in [-0.2, -0.15) is 0 Å². The van der Waals surface area contributed by atoms with E-state index in [4.69, 9.17) is 0 Å². The zero-order chi connectivity index (χ0) is 18.3. The third kappa shape index (κ3) is 9.16. The first-order valence-electron chi connectivity index (χ1n) is 11.1. The Morgan fingerprint density at radius 3 is 0.917 bits per heavy atom. The van der Waals surface area contributed by atoms with Crippen LogP contribution in [0.3, 0.4) is 0 Å². The highest BCUT2D eigenvalue weighted by Gasteiger charge is 2.26. The van der Waals surface area contributed by atoms with E-state index >= 15 is 0 Å². The van der Waals surface area contributed by atoms with Crippen LogP contribution in [0.25, 0.3) is 0 Å². The van der Waals surface area contributed by atoms with Crippen molar-refractivity contribution in [3.05, 3.63) is 0 Å². The predicted molar refractivity (Wildman–Crippen MR) is 118 cm³/mol. The second-order valence-electron chi connectivity index (χ2n) is 7.66. The number of unbranched alkanes of at least 4 members (excludes halogenated alkanes) is 5. The van der Waals surface area contributed by atoms with Crippen molar-refractivity contribution >= 4 is 16.5 Å². The largest absolute Gasteiger partial charge is 0.337 e. The van der Waals surface area contributed by atoms with Crippen molar-refractivity contribution in [3.8, 4) is 0 Å². The molecule has 4 heteroatoms. The van der Waals surface area contributed by atoms with Crippen LogP contribution in [0.15, 0.2) is 0 Å². The lowest BCUT2D eigenvalue weighted by Gasteiger charge is -2.29. The molecular formula is C20H48N2Si2. The van der Waals surface area contributed by atoms with Gasteiger partial charge >= 0.3 is 0 Å². The van der Waals surface area contributed by atoms with Crippen molar-refractivity contribution in [2.45, 2.75) is 116 Å². The van der Waals surface area contributed by atoms with Crippen LogP contribution in [0.5, 0.6) is 0 Å². The van der Waals surface area contributed by atoms with E-state index in [0.29, 0.717) is 0 Å². The molecule has 0 unspecified atom stereocenters. The Morgan fingerprint density at radius 1 is 0.417 bits per heavy atom. The highest BCUT2D eigenvalue weighted by molar-refractivity contribution is 6.77. The van der Waals surface area contributed by atoms with E-state index in [1.165, 1.54) is 87.9 Å². The summed E-state index contributed by atoms with van der Waals surface area (Å²) >= 11 is 0. The second-order valence-corrected chi connectivity index (χ2v) is 17.7. The molecule has 2 nitrogen and oxygen atoms in total. The van der Waals surface area contributed by atoms with Gasteiger partial charge in [-0.25, -0.2) is 0 Å². The van der Waals surface area contributed by atoms with Gasteiger partial charge in [0.05, 0.1) is 0 Å². The highest BCUT2D eigenvalue weighted by Crippen LogP contribution is 2.17. The minimum Gasteiger partial charge on any atom is -0.337 e. The van der Waals surface area contributed by atoms with E-state index in [1.54, 1.807) is 0 Å². The topological polar surface area (TPSA) is 24.1 Å². The van der Waals surface area contributed by atoms with Crippen LogP contribution in [0.2, 0.25) is 36.3 Å². The van der Waals surface area contributed by atoms with E-state index in [9.17, 15) is 0 Å². The zero-order valence-corrected chi connectivity index (χ0v) is 19.9. The van der Waals surface area contributed by atoms with E-state index in [1.807, 2.05) is 0 Å². The number of hydrogen-bond acceptors (Lipinski definition) is 2. The molecule has 0 atom stereocenters. The molecule has 0 radical (unpaired) electrons. The third-order valence-electron chi connectivity index (χ3n) is 6.66. The minimum absolute atomic E-state index is 1.09. The highest BCUT2D eigenvalue weighted by atomic mass is 28.3. The zero-order valence-electron chi connectivity index (χ0n) is 17.9. The Bertz CT molecular complexity index is 232. The van der Waals surface area contributed by atoms with Gasteiger partial charge in [0.25, 0.3) is 0 Å². The van der Waals surface area contributed by atoms with E-state index in [-0.39, 0.29) is 0 Å². The van der Waals surface area contributed by atoms with E-state index in [0.717, 1.165) is 0 Å². The van der Waals surface area contributed by atoms with Gasteiger partial charge in [0, 0.05) is 0 Å². The van der Waals surface area contributed by atoms with Crippen LogP contribution in [0, 0.1) is 0 Å². The van der Waals surface area contributed by atoms with Crippen molar-refractivity contribution in [2.75, 3.05) is 13.1 Å².